The lowest BCUT2D eigenvalue weighted by Gasteiger charge is -2.20. The van der Waals surface area contributed by atoms with E-state index in [4.69, 9.17) is 0 Å². The molecule has 0 fully saturated rings. The average molecular weight is 280 g/mol. The van der Waals surface area contributed by atoms with E-state index in [1.54, 1.807) is 19.2 Å². The highest BCUT2D eigenvalue weighted by atomic mass is 16.6. The Balaban J connectivity index is 2.41. The summed E-state index contributed by atoms with van der Waals surface area (Å²) in [6, 6.07) is 2.09. The highest BCUT2D eigenvalue weighted by Gasteiger charge is 2.14. The van der Waals surface area contributed by atoms with Gasteiger partial charge in [-0.3, -0.25) is 10.1 Å². The van der Waals surface area contributed by atoms with Crippen LogP contribution in [0.1, 0.15) is 32.3 Å². The lowest BCUT2D eigenvalue weighted by atomic mass is 10.2. The van der Waals surface area contributed by atoms with Crippen molar-refractivity contribution >= 4 is 11.5 Å². The molecule has 0 saturated carbocycles. The van der Waals surface area contributed by atoms with Gasteiger partial charge >= 0.3 is 5.69 Å². The minimum atomic E-state index is -0.394. The van der Waals surface area contributed by atoms with Crippen molar-refractivity contribution in [3.8, 4) is 0 Å². The Labute approximate surface area is 120 Å². The summed E-state index contributed by atoms with van der Waals surface area (Å²) in [6.07, 6.45) is 3.66. The molecule has 0 atom stereocenters. The third kappa shape index (κ3) is 5.13. The number of unbranched alkanes of at least 4 members (excludes halogenated alkanes) is 1. The minimum absolute atomic E-state index is 0.0456. The zero-order valence-corrected chi connectivity index (χ0v) is 12.7. The van der Waals surface area contributed by atoms with E-state index < -0.39 is 4.92 Å². The molecule has 0 bridgehead atoms. The van der Waals surface area contributed by atoms with Crippen LogP contribution in [0.4, 0.5) is 11.5 Å². The molecule has 112 valence electrons. The van der Waals surface area contributed by atoms with Gasteiger partial charge < -0.3 is 10.2 Å². The number of nitro groups is 1. The molecule has 0 aliphatic carbocycles. The molecule has 0 aliphatic heterocycles. The minimum Gasteiger partial charge on any atom is -0.364 e. The van der Waals surface area contributed by atoms with Crippen LogP contribution in [0.25, 0.3) is 0 Å². The second-order valence-corrected chi connectivity index (χ2v) is 5.35. The Morgan fingerprint density at radius 1 is 1.45 bits per heavy atom. The number of aromatic nitrogens is 1. The van der Waals surface area contributed by atoms with Crippen LogP contribution < -0.4 is 5.32 Å². The fourth-order valence-corrected chi connectivity index (χ4v) is 1.78. The summed E-state index contributed by atoms with van der Waals surface area (Å²) < 4.78 is 0. The molecule has 1 aromatic heterocycles. The first-order valence-corrected chi connectivity index (χ1v) is 6.97. The van der Waals surface area contributed by atoms with Crippen molar-refractivity contribution in [1.82, 2.24) is 9.88 Å². The Hall–Kier alpha value is -1.69. The van der Waals surface area contributed by atoms with Gasteiger partial charge in [0.1, 0.15) is 0 Å². The van der Waals surface area contributed by atoms with Gasteiger partial charge in [-0.15, -0.1) is 0 Å². The highest BCUT2D eigenvalue weighted by molar-refractivity contribution is 5.56. The zero-order chi connectivity index (χ0) is 15.1. The van der Waals surface area contributed by atoms with Gasteiger partial charge in [0.25, 0.3) is 0 Å². The predicted octanol–water partition coefficient (Wildman–Crippen LogP) is 2.83. The van der Waals surface area contributed by atoms with Crippen molar-refractivity contribution in [2.75, 3.05) is 25.5 Å². The summed E-state index contributed by atoms with van der Waals surface area (Å²) in [5, 5.41) is 14.0. The van der Waals surface area contributed by atoms with Crippen molar-refractivity contribution in [3.63, 3.8) is 0 Å². The van der Waals surface area contributed by atoms with Crippen molar-refractivity contribution in [3.05, 3.63) is 27.9 Å². The molecule has 1 heterocycles. The number of nitrogens with zero attached hydrogens (tertiary/aromatic N) is 3. The molecule has 0 amide bonds. The quantitative estimate of drug-likeness (QED) is 0.450. The Kier molecular flexibility index (Phi) is 6.38. The maximum absolute atomic E-state index is 10.9. The van der Waals surface area contributed by atoms with Crippen LogP contribution >= 0.6 is 0 Å². The summed E-state index contributed by atoms with van der Waals surface area (Å²) in [5.74, 6) is 0.359. The number of pyridine rings is 1. The summed E-state index contributed by atoms with van der Waals surface area (Å²) in [6.45, 7) is 7.85. The topological polar surface area (TPSA) is 71.3 Å². The van der Waals surface area contributed by atoms with Gasteiger partial charge in [0.2, 0.25) is 5.82 Å². The largest absolute Gasteiger partial charge is 0.364 e. The molecule has 1 rings (SSSR count). The number of hydrogen-bond donors (Lipinski definition) is 1. The summed E-state index contributed by atoms with van der Waals surface area (Å²) in [4.78, 5) is 16.9. The van der Waals surface area contributed by atoms with E-state index in [1.165, 1.54) is 0 Å². The molecule has 1 N–H and O–H groups in total. The van der Waals surface area contributed by atoms with Crippen LogP contribution in [0.5, 0.6) is 0 Å². The van der Waals surface area contributed by atoms with Gasteiger partial charge in [0.05, 0.1) is 4.92 Å². The molecule has 0 saturated heterocycles. The van der Waals surface area contributed by atoms with Gasteiger partial charge in [-0.05, 0) is 52.8 Å². The third-order valence-electron chi connectivity index (χ3n) is 3.31. The normalized spacial score (nSPS) is 11.1. The maximum atomic E-state index is 10.9. The lowest BCUT2D eigenvalue weighted by Crippen LogP contribution is -2.27. The molecule has 0 radical (unpaired) electrons. The molecule has 6 heteroatoms. The van der Waals surface area contributed by atoms with Crippen molar-refractivity contribution < 1.29 is 4.92 Å². The molecular weight excluding hydrogens is 256 g/mol. The van der Waals surface area contributed by atoms with Crippen LogP contribution in [-0.2, 0) is 0 Å². The highest BCUT2D eigenvalue weighted by Crippen LogP contribution is 2.22. The summed E-state index contributed by atoms with van der Waals surface area (Å²) in [5.41, 5.74) is 0.838. The van der Waals surface area contributed by atoms with Gasteiger partial charge in [-0.1, -0.05) is 0 Å². The van der Waals surface area contributed by atoms with Crippen LogP contribution in [0, 0.1) is 17.0 Å². The Morgan fingerprint density at radius 3 is 2.75 bits per heavy atom. The van der Waals surface area contributed by atoms with E-state index in [0.717, 1.165) is 24.9 Å². The van der Waals surface area contributed by atoms with E-state index in [1.807, 2.05) is 0 Å². The van der Waals surface area contributed by atoms with Gasteiger partial charge in [-0.2, -0.15) is 0 Å². The molecular formula is C14H24N4O2. The summed E-state index contributed by atoms with van der Waals surface area (Å²) in [7, 11) is 2.10. The molecule has 6 nitrogen and oxygen atoms in total. The zero-order valence-electron chi connectivity index (χ0n) is 12.7. The van der Waals surface area contributed by atoms with E-state index in [2.05, 4.69) is 36.1 Å². The second-order valence-electron chi connectivity index (χ2n) is 5.35. The molecule has 0 unspecified atom stereocenters. The standard InChI is InChI=1S/C14H24N4O2/c1-11(2)17(4)8-6-5-7-15-14-13(18(19)20)9-12(3)10-16-14/h9-11H,5-8H2,1-4H3,(H,15,16). The Morgan fingerprint density at radius 2 is 2.15 bits per heavy atom. The van der Waals surface area contributed by atoms with Gasteiger partial charge in [0.15, 0.2) is 0 Å². The smallest absolute Gasteiger partial charge is 0.311 e. The monoisotopic (exact) mass is 280 g/mol. The van der Waals surface area contributed by atoms with E-state index in [0.29, 0.717) is 18.4 Å². The van der Waals surface area contributed by atoms with E-state index in [9.17, 15) is 10.1 Å². The van der Waals surface area contributed by atoms with E-state index in [-0.39, 0.29) is 5.69 Å². The molecule has 0 spiro atoms. The van der Waals surface area contributed by atoms with Crippen molar-refractivity contribution in [2.45, 2.75) is 39.7 Å². The van der Waals surface area contributed by atoms with Crippen LogP contribution in [-0.4, -0.2) is 41.0 Å². The third-order valence-corrected chi connectivity index (χ3v) is 3.31. The number of aryl methyl sites for hydroxylation is 1. The molecule has 0 aromatic carbocycles. The van der Waals surface area contributed by atoms with E-state index >= 15 is 0 Å². The van der Waals surface area contributed by atoms with Crippen molar-refractivity contribution in [1.29, 1.82) is 0 Å². The molecule has 1 aromatic rings. The first-order valence-electron chi connectivity index (χ1n) is 6.97. The fourth-order valence-electron chi connectivity index (χ4n) is 1.78. The first-order chi connectivity index (χ1) is 9.41. The van der Waals surface area contributed by atoms with Crippen LogP contribution in [0.3, 0.4) is 0 Å². The number of hydrogen-bond acceptors (Lipinski definition) is 5. The molecule has 0 aliphatic rings. The Bertz CT molecular complexity index is 449. The van der Waals surface area contributed by atoms with Gasteiger partial charge in [-0.25, -0.2) is 4.98 Å². The first kappa shape index (κ1) is 16.4. The van der Waals surface area contributed by atoms with Crippen LogP contribution in [0.2, 0.25) is 0 Å². The predicted molar refractivity (Wildman–Crippen MR) is 81.1 cm³/mol. The second kappa shape index (κ2) is 7.79. The maximum Gasteiger partial charge on any atom is 0.311 e. The lowest BCUT2D eigenvalue weighted by molar-refractivity contribution is -0.384. The molecule has 20 heavy (non-hydrogen) atoms. The number of anilines is 1. The average Bonchev–Trinajstić information content (AvgIpc) is 2.39. The number of nitrogens with one attached hydrogen (secondary N) is 1. The van der Waals surface area contributed by atoms with Gasteiger partial charge in [0, 0.05) is 24.8 Å². The summed E-state index contributed by atoms with van der Waals surface area (Å²) >= 11 is 0. The fraction of sp³-hybridized carbons (Fsp3) is 0.643. The number of rotatable bonds is 8. The van der Waals surface area contributed by atoms with Crippen molar-refractivity contribution in [2.24, 2.45) is 0 Å². The van der Waals surface area contributed by atoms with Crippen LogP contribution in [0.15, 0.2) is 12.3 Å². The SMILES string of the molecule is Cc1cnc(NCCCCN(C)C(C)C)c([N+](=O)[O-])c1.